The van der Waals surface area contributed by atoms with E-state index in [0.717, 1.165) is 19.6 Å². The Morgan fingerprint density at radius 2 is 1.95 bits per heavy atom. The summed E-state index contributed by atoms with van der Waals surface area (Å²) in [4.78, 5) is 16.4. The minimum Gasteiger partial charge on any atom is -0.444 e. The predicted molar refractivity (Wildman–Crippen MR) is 84.4 cm³/mol. The number of rotatable bonds is 3. The highest BCUT2D eigenvalue weighted by Gasteiger charge is 2.31. The lowest BCUT2D eigenvalue weighted by molar-refractivity contribution is 0.0272. The molecule has 2 aliphatic rings. The Bertz CT molecular complexity index is 348. The van der Waals surface area contributed by atoms with Crippen LogP contribution in [0.3, 0.4) is 0 Å². The SMILES string of the molecule is CN(C[C@H]1CCC(N2CCNCC2)C1)C(=O)OC(C)(C)C. The maximum absolute atomic E-state index is 12.0. The number of hydrogen-bond acceptors (Lipinski definition) is 4. The van der Waals surface area contributed by atoms with E-state index >= 15 is 0 Å². The van der Waals surface area contributed by atoms with Crippen LogP contribution in [0.1, 0.15) is 40.0 Å². The zero-order valence-corrected chi connectivity index (χ0v) is 14.0. The fourth-order valence-corrected chi connectivity index (χ4v) is 3.39. The molecule has 2 fully saturated rings. The molecular formula is C16H31N3O2. The number of hydrogen-bond donors (Lipinski definition) is 1. The minimum absolute atomic E-state index is 0.201. The lowest BCUT2D eigenvalue weighted by Gasteiger charge is -2.33. The molecule has 0 bridgehead atoms. The first-order valence-electron chi connectivity index (χ1n) is 8.24. The van der Waals surface area contributed by atoms with Gasteiger partial charge in [0.2, 0.25) is 0 Å². The summed E-state index contributed by atoms with van der Waals surface area (Å²) >= 11 is 0. The Morgan fingerprint density at radius 3 is 2.57 bits per heavy atom. The molecule has 1 aliphatic carbocycles. The largest absolute Gasteiger partial charge is 0.444 e. The first kappa shape index (κ1) is 16.6. The maximum Gasteiger partial charge on any atom is 0.410 e. The number of amides is 1. The van der Waals surface area contributed by atoms with E-state index in [1.54, 1.807) is 4.90 Å². The molecule has 0 aromatic carbocycles. The summed E-state index contributed by atoms with van der Waals surface area (Å²) in [6, 6.07) is 0.712. The first-order chi connectivity index (χ1) is 9.85. The summed E-state index contributed by atoms with van der Waals surface area (Å²) in [6.07, 6.45) is 3.51. The van der Waals surface area contributed by atoms with E-state index in [4.69, 9.17) is 4.74 Å². The van der Waals surface area contributed by atoms with Crippen molar-refractivity contribution >= 4 is 6.09 Å². The predicted octanol–water partition coefficient (Wildman–Crippen LogP) is 1.93. The molecule has 1 saturated heterocycles. The van der Waals surface area contributed by atoms with Crippen molar-refractivity contribution in [2.75, 3.05) is 39.8 Å². The molecule has 1 aliphatic heterocycles. The third-order valence-corrected chi connectivity index (χ3v) is 4.42. The van der Waals surface area contributed by atoms with Gasteiger partial charge in [0.1, 0.15) is 5.60 Å². The summed E-state index contributed by atoms with van der Waals surface area (Å²) in [5, 5.41) is 3.41. The Morgan fingerprint density at radius 1 is 1.29 bits per heavy atom. The Hall–Kier alpha value is -0.810. The molecule has 21 heavy (non-hydrogen) atoms. The van der Waals surface area contributed by atoms with Gasteiger partial charge in [-0.2, -0.15) is 0 Å². The second kappa shape index (κ2) is 6.97. The molecule has 0 aromatic heterocycles. The first-order valence-corrected chi connectivity index (χ1v) is 8.24. The summed E-state index contributed by atoms with van der Waals surface area (Å²) in [5.74, 6) is 0.613. The molecule has 0 aromatic rings. The zero-order valence-electron chi connectivity index (χ0n) is 14.0. The lowest BCUT2D eigenvalue weighted by Crippen LogP contribution is -2.47. The van der Waals surface area contributed by atoms with Gasteiger partial charge >= 0.3 is 6.09 Å². The zero-order chi connectivity index (χ0) is 15.5. The number of carbonyl (C=O) groups is 1. The number of piperazine rings is 1. The topological polar surface area (TPSA) is 44.8 Å². The van der Waals surface area contributed by atoms with Crippen molar-refractivity contribution in [3.05, 3.63) is 0 Å². The van der Waals surface area contributed by atoms with Crippen LogP contribution in [0.4, 0.5) is 4.79 Å². The van der Waals surface area contributed by atoms with E-state index in [-0.39, 0.29) is 6.09 Å². The summed E-state index contributed by atoms with van der Waals surface area (Å²) < 4.78 is 5.42. The maximum atomic E-state index is 12.0. The fraction of sp³-hybridized carbons (Fsp3) is 0.938. The van der Waals surface area contributed by atoms with Gasteiger partial charge < -0.3 is 15.0 Å². The van der Waals surface area contributed by atoms with Crippen LogP contribution in [0.2, 0.25) is 0 Å². The van der Waals surface area contributed by atoms with E-state index in [0.29, 0.717) is 12.0 Å². The van der Waals surface area contributed by atoms with Crippen molar-refractivity contribution in [1.82, 2.24) is 15.1 Å². The molecule has 2 rings (SSSR count). The third-order valence-electron chi connectivity index (χ3n) is 4.42. The molecule has 1 N–H and O–H groups in total. The van der Waals surface area contributed by atoms with Crippen LogP contribution in [0.5, 0.6) is 0 Å². The normalized spacial score (nSPS) is 27.6. The van der Waals surface area contributed by atoms with Gasteiger partial charge in [-0.25, -0.2) is 4.79 Å². The summed E-state index contributed by atoms with van der Waals surface area (Å²) in [5.41, 5.74) is -0.412. The van der Waals surface area contributed by atoms with E-state index in [9.17, 15) is 4.79 Å². The second-order valence-electron chi connectivity index (χ2n) is 7.48. The molecule has 0 radical (unpaired) electrons. The van der Waals surface area contributed by atoms with Crippen LogP contribution in [-0.2, 0) is 4.74 Å². The number of ether oxygens (including phenoxy) is 1. The van der Waals surface area contributed by atoms with Crippen LogP contribution >= 0.6 is 0 Å². The van der Waals surface area contributed by atoms with Crippen LogP contribution < -0.4 is 5.32 Å². The second-order valence-corrected chi connectivity index (χ2v) is 7.48. The van der Waals surface area contributed by atoms with Gasteiger partial charge in [-0.05, 0) is 46.0 Å². The summed E-state index contributed by atoms with van der Waals surface area (Å²) in [7, 11) is 1.85. The van der Waals surface area contributed by atoms with Gasteiger partial charge in [0.15, 0.2) is 0 Å². The van der Waals surface area contributed by atoms with Crippen molar-refractivity contribution in [2.45, 2.75) is 51.7 Å². The Balaban J connectivity index is 1.75. The van der Waals surface area contributed by atoms with Crippen molar-refractivity contribution in [3.8, 4) is 0 Å². The summed E-state index contributed by atoms with van der Waals surface area (Å²) in [6.45, 7) is 11.1. The van der Waals surface area contributed by atoms with E-state index in [1.165, 1.54) is 32.4 Å². The molecule has 1 unspecified atom stereocenters. The van der Waals surface area contributed by atoms with Crippen LogP contribution in [0.25, 0.3) is 0 Å². The standard InChI is InChI=1S/C16H31N3O2/c1-16(2,3)21-15(20)18(4)12-13-5-6-14(11-13)19-9-7-17-8-10-19/h13-14,17H,5-12H2,1-4H3/t13-,14?/m0/s1. The average molecular weight is 297 g/mol. The van der Waals surface area contributed by atoms with E-state index in [1.807, 2.05) is 27.8 Å². The highest BCUT2D eigenvalue weighted by atomic mass is 16.6. The number of carbonyl (C=O) groups excluding carboxylic acids is 1. The van der Waals surface area contributed by atoms with Gasteiger partial charge in [-0.1, -0.05) is 0 Å². The Kier molecular flexibility index (Phi) is 5.49. The fourth-order valence-electron chi connectivity index (χ4n) is 3.39. The molecule has 5 nitrogen and oxygen atoms in total. The quantitative estimate of drug-likeness (QED) is 0.864. The minimum atomic E-state index is -0.412. The van der Waals surface area contributed by atoms with Crippen molar-refractivity contribution < 1.29 is 9.53 Å². The van der Waals surface area contributed by atoms with Gasteiger partial charge in [-0.15, -0.1) is 0 Å². The third kappa shape index (κ3) is 5.15. The van der Waals surface area contributed by atoms with Gasteiger partial charge in [0.05, 0.1) is 0 Å². The highest BCUT2D eigenvalue weighted by molar-refractivity contribution is 5.67. The molecule has 1 heterocycles. The molecule has 5 heteroatoms. The smallest absolute Gasteiger partial charge is 0.410 e. The van der Waals surface area contributed by atoms with Crippen molar-refractivity contribution in [1.29, 1.82) is 0 Å². The van der Waals surface area contributed by atoms with Gasteiger partial charge in [-0.3, -0.25) is 4.90 Å². The highest BCUT2D eigenvalue weighted by Crippen LogP contribution is 2.30. The van der Waals surface area contributed by atoms with E-state index in [2.05, 4.69) is 10.2 Å². The van der Waals surface area contributed by atoms with Gasteiger partial charge in [0.25, 0.3) is 0 Å². The molecule has 2 atom stereocenters. The van der Waals surface area contributed by atoms with Crippen LogP contribution in [0, 0.1) is 5.92 Å². The molecular weight excluding hydrogens is 266 g/mol. The molecule has 122 valence electrons. The van der Waals surface area contributed by atoms with Crippen molar-refractivity contribution in [3.63, 3.8) is 0 Å². The number of nitrogens with zero attached hydrogens (tertiary/aromatic N) is 2. The molecule has 1 saturated carbocycles. The van der Waals surface area contributed by atoms with Gasteiger partial charge in [0, 0.05) is 45.8 Å². The van der Waals surface area contributed by atoms with Crippen LogP contribution in [-0.4, -0.2) is 67.3 Å². The van der Waals surface area contributed by atoms with Crippen molar-refractivity contribution in [2.24, 2.45) is 5.92 Å². The number of nitrogens with one attached hydrogen (secondary N) is 1. The van der Waals surface area contributed by atoms with E-state index < -0.39 is 5.60 Å². The molecule has 0 spiro atoms. The monoisotopic (exact) mass is 297 g/mol. The average Bonchev–Trinajstić information content (AvgIpc) is 2.86. The Labute approximate surface area is 129 Å². The molecule has 1 amide bonds. The lowest BCUT2D eigenvalue weighted by atomic mass is 10.1. The van der Waals surface area contributed by atoms with Crippen LogP contribution in [0.15, 0.2) is 0 Å².